The number of likely N-dealkylation sites (tertiary alicyclic amines) is 1. The van der Waals surface area contributed by atoms with Crippen molar-refractivity contribution in [3.63, 3.8) is 0 Å². The van der Waals surface area contributed by atoms with Gasteiger partial charge in [0.25, 0.3) is 0 Å². The molecule has 0 radical (unpaired) electrons. The fourth-order valence-electron chi connectivity index (χ4n) is 4.59. The molecule has 4 rings (SSSR count). The van der Waals surface area contributed by atoms with Crippen LogP contribution in [0.5, 0.6) is 0 Å². The Labute approximate surface area is 212 Å². The Morgan fingerprint density at radius 1 is 1.22 bits per heavy atom. The zero-order valence-electron chi connectivity index (χ0n) is 21.0. The average Bonchev–Trinajstić information content (AvgIpc) is 3.42. The predicted molar refractivity (Wildman–Crippen MR) is 127 cm³/mol. The van der Waals surface area contributed by atoms with E-state index in [0.29, 0.717) is 5.92 Å². The standard InChI is InChI=1S/C24H32F3N7O3/c1-23(2,3)19(34-13-17(31-32-34)14-6-7-14)22(37)33-12-15(35)11-18(33)21(36)30-10-9-29-20-16(24(25,26)27)5-4-8-28-20/h4-5,8,13-15,18-19,35H,6-7,9-12H2,1-3H3,(H,28,29)(H,30,36)/t15-,18+,19-/m1/s1. The van der Waals surface area contributed by atoms with Gasteiger partial charge in [-0.25, -0.2) is 9.67 Å². The van der Waals surface area contributed by atoms with Gasteiger partial charge in [0.05, 0.1) is 17.4 Å². The van der Waals surface area contributed by atoms with E-state index in [-0.39, 0.29) is 37.8 Å². The molecule has 0 spiro atoms. The Bertz CT molecular complexity index is 1130. The summed E-state index contributed by atoms with van der Waals surface area (Å²) >= 11 is 0. The highest BCUT2D eigenvalue weighted by Crippen LogP contribution is 2.40. The van der Waals surface area contributed by atoms with Gasteiger partial charge in [0.2, 0.25) is 11.8 Å². The minimum atomic E-state index is -4.56. The van der Waals surface area contributed by atoms with Crippen molar-refractivity contribution in [2.24, 2.45) is 5.41 Å². The van der Waals surface area contributed by atoms with E-state index >= 15 is 0 Å². The van der Waals surface area contributed by atoms with Crippen molar-refractivity contribution in [1.29, 1.82) is 0 Å². The number of alkyl halides is 3. The topological polar surface area (TPSA) is 125 Å². The lowest BCUT2D eigenvalue weighted by Gasteiger charge is -2.34. The molecule has 2 aromatic rings. The maximum absolute atomic E-state index is 13.7. The molecule has 1 aliphatic heterocycles. The van der Waals surface area contributed by atoms with Gasteiger partial charge < -0.3 is 20.6 Å². The number of amides is 2. The summed E-state index contributed by atoms with van der Waals surface area (Å²) in [5.41, 5.74) is -0.613. The molecule has 37 heavy (non-hydrogen) atoms. The molecule has 3 atom stereocenters. The van der Waals surface area contributed by atoms with Crippen molar-refractivity contribution in [2.75, 3.05) is 25.0 Å². The zero-order valence-corrected chi connectivity index (χ0v) is 21.0. The van der Waals surface area contributed by atoms with E-state index in [1.54, 1.807) is 10.9 Å². The largest absolute Gasteiger partial charge is 0.419 e. The minimum absolute atomic E-state index is 0.00213. The summed E-state index contributed by atoms with van der Waals surface area (Å²) in [5.74, 6) is -0.807. The first-order valence-electron chi connectivity index (χ1n) is 12.3. The molecule has 1 aliphatic carbocycles. The van der Waals surface area contributed by atoms with Gasteiger partial charge in [0.1, 0.15) is 17.9 Å². The first-order chi connectivity index (χ1) is 17.4. The number of pyridine rings is 1. The number of anilines is 1. The third-order valence-electron chi connectivity index (χ3n) is 6.54. The van der Waals surface area contributed by atoms with Crippen LogP contribution in [-0.2, 0) is 15.8 Å². The first kappa shape index (κ1) is 26.8. The predicted octanol–water partition coefficient (Wildman–Crippen LogP) is 2.35. The second kappa shape index (κ2) is 10.3. The van der Waals surface area contributed by atoms with Crippen molar-refractivity contribution in [2.45, 2.75) is 70.3 Å². The van der Waals surface area contributed by atoms with Crippen LogP contribution in [0.4, 0.5) is 19.0 Å². The number of hydrogen-bond acceptors (Lipinski definition) is 7. The fourth-order valence-corrected chi connectivity index (χ4v) is 4.59. The third-order valence-corrected chi connectivity index (χ3v) is 6.54. The normalized spacial score (nSPS) is 21.1. The van der Waals surface area contributed by atoms with Gasteiger partial charge in [-0.2, -0.15) is 13.2 Å². The highest BCUT2D eigenvalue weighted by Gasteiger charge is 2.45. The number of halogens is 3. The van der Waals surface area contributed by atoms with Crippen molar-refractivity contribution in [3.05, 3.63) is 35.8 Å². The van der Waals surface area contributed by atoms with Crippen LogP contribution < -0.4 is 10.6 Å². The zero-order chi connectivity index (χ0) is 27.0. The lowest BCUT2D eigenvalue weighted by atomic mass is 9.85. The highest BCUT2D eigenvalue weighted by molar-refractivity contribution is 5.90. The van der Waals surface area contributed by atoms with E-state index in [9.17, 15) is 27.9 Å². The second-order valence-electron chi connectivity index (χ2n) is 10.7. The maximum atomic E-state index is 13.7. The smallest absolute Gasteiger partial charge is 0.391 e. The van der Waals surface area contributed by atoms with Crippen LogP contribution in [0.25, 0.3) is 0 Å². The fraction of sp³-hybridized carbons (Fsp3) is 0.625. The highest BCUT2D eigenvalue weighted by atomic mass is 19.4. The van der Waals surface area contributed by atoms with Gasteiger partial charge in [0, 0.05) is 44.4 Å². The van der Waals surface area contributed by atoms with Crippen LogP contribution in [0.15, 0.2) is 24.5 Å². The van der Waals surface area contributed by atoms with E-state index in [4.69, 9.17) is 0 Å². The van der Waals surface area contributed by atoms with Gasteiger partial charge in [0.15, 0.2) is 0 Å². The van der Waals surface area contributed by atoms with Crippen LogP contribution in [0.3, 0.4) is 0 Å². The number of hydrogen-bond donors (Lipinski definition) is 3. The Morgan fingerprint density at radius 3 is 2.59 bits per heavy atom. The van der Waals surface area contributed by atoms with Crippen LogP contribution in [0, 0.1) is 5.41 Å². The Morgan fingerprint density at radius 2 is 1.95 bits per heavy atom. The maximum Gasteiger partial charge on any atom is 0.419 e. The molecule has 3 N–H and O–H groups in total. The molecule has 10 nitrogen and oxygen atoms in total. The molecule has 2 aliphatic rings. The Balaban J connectivity index is 1.40. The summed E-state index contributed by atoms with van der Waals surface area (Å²) in [6.07, 6.45) is -0.266. The molecule has 202 valence electrons. The molecule has 1 saturated carbocycles. The number of carbonyl (C=O) groups is 2. The second-order valence-corrected chi connectivity index (χ2v) is 10.7. The summed E-state index contributed by atoms with van der Waals surface area (Å²) in [7, 11) is 0. The minimum Gasteiger partial charge on any atom is -0.391 e. The third kappa shape index (κ3) is 6.20. The average molecular weight is 524 g/mol. The number of carbonyl (C=O) groups excluding carboxylic acids is 2. The molecule has 2 aromatic heterocycles. The van der Waals surface area contributed by atoms with Crippen molar-refractivity contribution in [1.82, 2.24) is 30.2 Å². The quantitative estimate of drug-likeness (QED) is 0.454. The number of nitrogens with zero attached hydrogens (tertiary/aromatic N) is 5. The molecule has 2 amide bonds. The number of β-amino-alcohol motifs (C(OH)–C–C–N with tert-alkyl or cyclic N) is 1. The van der Waals surface area contributed by atoms with Crippen molar-refractivity contribution in [3.8, 4) is 0 Å². The molecule has 2 fully saturated rings. The van der Waals surface area contributed by atoms with E-state index in [1.165, 1.54) is 17.2 Å². The Kier molecular flexibility index (Phi) is 7.45. The Hall–Kier alpha value is -3.22. The summed E-state index contributed by atoms with van der Waals surface area (Å²) in [4.78, 5) is 31.8. The van der Waals surface area contributed by atoms with Crippen LogP contribution in [-0.4, -0.2) is 73.6 Å². The van der Waals surface area contributed by atoms with E-state index in [2.05, 4.69) is 25.9 Å². The summed E-state index contributed by atoms with van der Waals surface area (Å²) in [5, 5.41) is 24.0. The van der Waals surface area contributed by atoms with Gasteiger partial charge >= 0.3 is 6.18 Å². The van der Waals surface area contributed by atoms with Crippen molar-refractivity contribution >= 4 is 17.6 Å². The summed E-state index contributed by atoms with van der Waals surface area (Å²) in [6.45, 7) is 5.67. The number of aromatic nitrogens is 4. The number of rotatable bonds is 8. The molecular weight excluding hydrogens is 491 g/mol. The van der Waals surface area contributed by atoms with Crippen molar-refractivity contribution < 1.29 is 27.9 Å². The first-order valence-corrected chi connectivity index (χ1v) is 12.3. The van der Waals surface area contributed by atoms with Crippen LogP contribution in [0.2, 0.25) is 0 Å². The van der Waals surface area contributed by atoms with E-state index < -0.39 is 41.2 Å². The number of aliphatic hydroxyl groups excluding tert-OH is 1. The molecule has 3 heterocycles. The number of aliphatic hydroxyl groups is 1. The lowest BCUT2D eigenvalue weighted by molar-refractivity contribution is -0.144. The summed E-state index contributed by atoms with van der Waals surface area (Å²) in [6, 6.07) is 0.467. The van der Waals surface area contributed by atoms with Crippen LogP contribution in [0.1, 0.15) is 63.3 Å². The van der Waals surface area contributed by atoms with Gasteiger partial charge in [-0.1, -0.05) is 26.0 Å². The van der Waals surface area contributed by atoms with Gasteiger partial charge in [-0.05, 0) is 30.4 Å². The molecule has 0 unspecified atom stereocenters. The van der Waals surface area contributed by atoms with Gasteiger partial charge in [-0.15, -0.1) is 5.10 Å². The SMILES string of the molecule is CC(C)(C)[C@@H](C(=O)N1C[C@H](O)C[C@H]1C(=O)NCCNc1ncccc1C(F)(F)F)n1cc(C2CC2)nn1. The van der Waals surface area contributed by atoms with E-state index in [1.807, 2.05) is 20.8 Å². The monoisotopic (exact) mass is 523 g/mol. The lowest BCUT2D eigenvalue weighted by Crippen LogP contribution is -2.50. The van der Waals surface area contributed by atoms with Gasteiger partial charge in [-0.3, -0.25) is 9.59 Å². The molecule has 0 aromatic carbocycles. The van der Waals surface area contributed by atoms with Crippen LogP contribution >= 0.6 is 0 Å². The van der Waals surface area contributed by atoms with E-state index in [0.717, 1.165) is 24.6 Å². The number of nitrogens with one attached hydrogen (secondary N) is 2. The summed E-state index contributed by atoms with van der Waals surface area (Å²) < 4.78 is 41.0. The molecule has 0 bridgehead atoms. The molecular formula is C24H32F3N7O3. The molecule has 13 heteroatoms. The molecule has 1 saturated heterocycles.